The van der Waals surface area contributed by atoms with Crippen molar-refractivity contribution in [3.8, 4) is 0 Å². The Balaban J connectivity index is 2.96. The quantitative estimate of drug-likeness (QED) is 0.794. The molecule has 0 aliphatic rings. The van der Waals surface area contributed by atoms with Crippen molar-refractivity contribution in [3.63, 3.8) is 0 Å². The van der Waals surface area contributed by atoms with Crippen LogP contribution in [0, 0.1) is 5.82 Å². The summed E-state index contributed by atoms with van der Waals surface area (Å²) in [6.07, 6.45) is 0.713. The molecule has 0 fully saturated rings. The molecule has 0 aliphatic heterocycles. The SMILES string of the molecule is CCCNS(=O)(=O)c1ccc(F)c(CNCC)c1. The number of benzene rings is 1. The molecule has 0 bridgehead atoms. The second-order valence-electron chi connectivity index (χ2n) is 3.93. The number of hydrogen-bond donors (Lipinski definition) is 2. The minimum atomic E-state index is -3.53. The van der Waals surface area contributed by atoms with Crippen molar-refractivity contribution in [2.75, 3.05) is 13.1 Å². The van der Waals surface area contributed by atoms with Crippen LogP contribution in [-0.4, -0.2) is 21.5 Å². The van der Waals surface area contributed by atoms with Crippen LogP contribution < -0.4 is 10.0 Å². The van der Waals surface area contributed by atoms with Gasteiger partial charge in [-0.15, -0.1) is 0 Å². The van der Waals surface area contributed by atoms with E-state index in [0.717, 1.165) is 0 Å². The summed E-state index contributed by atoms with van der Waals surface area (Å²) in [6, 6.07) is 3.84. The molecule has 2 N–H and O–H groups in total. The molecule has 1 aromatic carbocycles. The number of nitrogens with one attached hydrogen (secondary N) is 2. The Labute approximate surface area is 108 Å². The van der Waals surface area contributed by atoms with Gasteiger partial charge in [0.1, 0.15) is 5.82 Å². The molecule has 0 radical (unpaired) electrons. The van der Waals surface area contributed by atoms with Crippen molar-refractivity contribution in [2.45, 2.75) is 31.7 Å². The van der Waals surface area contributed by atoms with Gasteiger partial charge in [-0.3, -0.25) is 0 Å². The molecule has 0 amide bonds. The highest BCUT2D eigenvalue weighted by atomic mass is 32.2. The van der Waals surface area contributed by atoms with E-state index in [-0.39, 0.29) is 4.90 Å². The molecular formula is C12H19FN2O2S. The third-order valence-corrected chi connectivity index (χ3v) is 3.89. The van der Waals surface area contributed by atoms with Gasteiger partial charge in [0.25, 0.3) is 0 Å². The van der Waals surface area contributed by atoms with Crippen LogP contribution >= 0.6 is 0 Å². The van der Waals surface area contributed by atoms with Crippen molar-refractivity contribution in [2.24, 2.45) is 0 Å². The minimum Gasteiger partial charge on any atom is -0.313 e. The van der Waals surface area contributed by atoms with Gasteiger partial charge in [0.15, 0.2) is 0 Å². The van der Waals surface area contributed by atoms with Gasteiger partial charge in [0, 0.05) is 18.7 Å². The zero-order chi connectivity index (χ0) is 13.6. The molecule has 0 saturated heterocycles. The molecule has 6 heteroatoms. The molecule has 0 unspecified atom stereocenters. The Bertz CT molecular complexity index is 489. The third kappa shape index (κ3) is 4.04. The van der Waals surface area contributed by atoms with E-state index in [1.165, 1.54) is 18.2 Å². The summed E-state index contributed by atoms with van der Waals surface area (Å²) in [5.74, 6) is -0.398. The number of hydrogen-bond acceptors (Lipinski definition) is 3. The predicted octanol–water partition coefficient (Wildman–Crippen LogP) is 1.62. The van der Waals surface area contributed by atoms with Crippen molar-refractivity contribution in [1.29, 1.82) is 0 Å². The Morgan fingerprint density at radius 2 is 2.00 bits per heavy atom. The van der Waals surface area contributed by atoms with Crippen LogP contribution in [0.15, 0.2) is 23.1 Å². The summed E-state index contributed by atoms with van der Waals surface area (Å²) in [6.45, 7) is 5.18. The fraction of sp³-hybridized carbons (Fsp3) is 0.500. The van der Waals surface area contributed by atoms with Crippen LogP contribution in [0.5, 0.6) is 0 Å². The Kier molecular flexibility index (Phi) is 5.71. The van der Waals surface area contributed by atoms with Crippen LogP contribution in [0.25, 0.3) is 0 Å². The number of sulfonamides is 1. The van der Waals surface area contributed by atoms with E-state index in [1.54, 1.807) is 0 Å². The summed E-state index contributed by atoms with van der Waals surface area (Å²) in [5.41, 5.74) is 0.358. The lowest BCUT2D eigenvalue weighted by atomic mass is 10.2. The van der Waals surface area contributed by atoms with Crippen LogP contribution in [0.4, 0.5) is 4.39 Å². The molecule has 0 atom stereocenters. The fourth-order valence-corrected chi connectivity index (χ4v) is 2.62. The molecule has 102 valence electrons. The molecule has 1 aromatic rings. The molecule has 0 saturated carbocycles. The second-order valence-corrected chi connectivity index (χ2v) is 5.70. The molecule has 0 heterocycles. The first-order chi connectivity index (χ1) is 8.51. The van der Waals surface area contributed by atoms with Gasteiger partial charge >= 0.3 is 0 Å². The highest BCUT2D eigenvalue weighted by molar-refractivity contribution is 7.89. The topological polar surface area (TPSA) is 58.2 Å². The van der Waals surface area contributed by atoms with E-state index >= 15 is 0 Å². The van der Waals surface area contributed by atoms with Crippen molar-refractivity contribution in [1.82, 2.24) is 10.0 Å². The Hall–Kier alpha value is -0.980. The van der Waals surface area contributed by atoms with Crippen LogP contribution in [-0.2, 0) is 16.6 Å². The van der Waals surface area contributed by atoms with Crippen LogP contribution in [0.1, 0.15) is 25.8 Å². The molecular weight excluding hydrogens is 255 g/mol. The summed E-state index contributed by atoms with van der Waals surface area (Å²) in [5, 5.41) is 2.97. The van der Waals surface area contributed by atoms with Crippen molar-refractivity contribution >= 4 is 10.0 Å². The van der Waals surface area contributed by atoms with Gasteiger partial charge in [-0.05, 0) is 31.2 Å². The zero-order valence-corrected chi connectivity index (χ0v) is 11.5. The number of rotatable bonds is 7. The van der Waals surface area contributed by atoms with Gasteiger partial charge in [0.05, 0.1) is 4.90 Å². The largest absolute Gasteiger partial charge is 0.313 e. The lowest BCUT2D eigenvalue weighted by Crippen LogP contribution is -2.24. The van der Waals surface area contributed by atoms with Crippen molar-refractivity contribution in [3.05, 3.63) is 29.6 Å². The minimum absolute atomic E-state index is 0.102. The number of halogens is 1. The lowest BCUT2D eigenvalue weighted by Gasteiger charge is -2.09. The van der Waals surface area contributed by atoms with E-state index in [1.807, 2.05) is 13.8 Å². The highest BCUT2D eigenvalue weighted by Gasteiger charge is 2.15. The maximum absolute atomic E-state index is 13.5. The van der Waals surface area contributed by atoms with Crippen LogP contribution in [0.3, 0.4) is 0 Å². The standard InChI is InChI=1S/C12H19FN2O2S/c1-3-7-15-18(16,17)11-5-6-12(13)10(8-11)9-14-4-2/h5-6,8,14-15H,3-4,7,9H2,1-2H3. The summed E-state index contributed by atoms with van der Waals surface area (Å²) in [4.78, 5) is 0.102. The molecule has 0 spiro atoms. The van der Waals surface area contributed by atoms with E-state index in [4.69, 9.17) is 0 Å². The summed E-state index contributed by atoms with van der Waals surface area (Å²) >= 11 is 0. The van der Waals surface area contributed by atoms with E-state index in [9.17, 15) is 12.8 Å². The smallest absolute Gasteiger partial charge is 0.240 e. The molecule has 0 aliphatic carbocycles. The normalized spacial score (nSPS) is 11.7. The first kappa shape index (κ1) is 15.1. The van der Waals surface area contributed by atoms with Gasteiger partial charge in [0.2, 0.25) is 10.0 Å². The average molecular weight is 274 g/mol. The van der Waals surface area contributed by atoms with Gasteiger partial charge < -0.3 is 5.32 Å². The monoisotopic (exact) mass is 274 g/mol. The molecule has 0 aromatic heterocycles. The first-order valence-electron chi connectivity index (χ1n) is 6.00. The Morgan fingerprint density at radius 1 is 1.28 bits per heavy atom. The summed E-state index contributed by atoms with van der Waals surface area (Å²) in [7, 11) is -3.53. The lowest BCUT2D eigenvalue weighted by molar-refractivity contribution is 0.576. The maximum atomic E-state index is 13.5. The fourth-order valence-electron chi connectivity index (χ4n) is 1.43. The molecule has 4 nitrogen and oxygen atoms in total. The molecule has 18 heavy (non-hydrogen) atoms. The maximum Gasteiger partial charge on any atom is 0.240 e. The van der Waals surface area contributed by atoms with Crippen molar-refractivity contribution < 1.29 is 12.8 Å². The third-order valence-electron chi connectivity index (χ3n) is 2.44. The predicted molar refractivity (Wildman–Crippen MR) is 69.3 cm³/mol. The van der Waals surface area contributed by atoms with Gasteiger partial charge in [-0.25, -0.2) is 17.5 Å². The molecule has 1 rings (SSSR count). The second kappa shape index (κ2) is 6.82. The van der Waals surface area contributed by atoms with E-state index < -0.39 is 15.8 Å². The van der Waals surface area contributed by atoms with Gasteiger partial charge in [-0.2, -0.15) is 0 Å². The van der Waals surface area contributed by atoms with E-state index in [2.05, 4.69) is 10.0 Å². The highest BCUT2D eigenvalue weighted by Crippen LogP contribution is 2.15. The zero-order valence-electron chi connectivity index (χ0n) is 10.7. The van der Waals surface area contributed by atoms with E-state index in [0.29, 0.717) is 31.6 Å². The van der Waals surface area contributed by atoms with Gasteiger partial charge in [-0.1, -0.05) is 13.8 Å². The average Bonchev–Trinajstić information content (AvgIpc) is 2.35. The van der Waals surface area contributed by atoms with Crippen LogP contribution in [0.2, 0.25) is 0 Å². The first-order valence-corrected chi connectivity index (χ1v) is 7.48. The summed E-state index contributed by atoms with van der Waals surface area (Å²) < 4.78 is 39.7. The Morgan fingerprint density at radius 3 is 2.61 bits per heavy atom.